The number of carboxylic acid groups (broad SMARTS) is 1. The second kappa shape index (κ2) is 6.57. The Balaban J connectivity index is 2.59. The number of hydrogen-bond acceptors (Lipinski definition) is 3. The molecule has 3 nitrogen and oxygen atoms in total. The number of carboxylic acids is 1. The lowest BCUT2D eigenvalue weighted by Crippen LogP contribution is -2.27. The van der Waals surface area contributed by atoms with E-state index in [0.29, 0.717) is 6.04 Å². The van der Waals surface area contributed by atoms with Crippen LogP contribution in [0, 0.1) is 0 Å². The van der Waals surface area contributed by atoms with Crippen LogP contribution in [0.15, 0.2) is 18.2 Å². The average Bonchev–Trinajstić information content (AvgIpc) is 2.73. The monoisotopic (exact) mass is 253 g/mol. The third kappa shape index (κ3) is 4.71. The zero-order valence-electron chi connectivity index (χ0n) is 10.5. The number of thiophene rings is 1. The highest BCUT2D eigenvalue weighted by Crippen LogP contribution is 2.20. The van der Waals surface area contributed by atoms with Gasteiger partial charge in [0.2, 0.25) is 0 Å². The van der Waals surface area contributed by atoms with Gasteiger partial charge in [-0.05, 0) is 38.6 Å². The minimum absolute atomic E-state index is 0.565. The van der Waals surface area contributed by atoms with Crippen molar-refractivity contribution in [2.45, 2.75) is 32.9 Å². The molecule has 1 N–H and O–H groups in total. The molecule has 0 aliphatic heterocycles. The number of aliphatic carboxylic acids is 1. The van der Waals surface area contributed by atoms with E-state index in [1.54, 1.807) is 17.4 Å². The summed E-state index contributed by atoms with van der Waals surface area (Å²) in [7, 11) is 2.11. The summed E-state index contributed by atoms with van der Waals surface area (Å²) in [6, 6.07) is 4.59. The van der Waals surface area contributed by atoms with Gasteiger partial charge < -0.3 is 5.11 Å². The van der Waals surface area contributed by atoms with E-state index in [4.69, 9.17) is 5.11 Å². The lowest BCUT2D eigenvalue weighted by Gasteiger charge is -2.22. The third-order valence-electron chi connectivity index (χ3n) is 2.82. The number of nitrogens with zero attached hydrogens (tertiary/aromatic N) is 1. The van der Waals surface area contributed by atoms with Gasteiger partial charge in [-0.15, -0.1) is 11.3 Å². The van der Waals surface area contributed by atoms with Crippen LogP contribution in [0.1, 0.15) is 30.0 Å². The zero-order valence-corrected chi connectivity index (χ0v) is 11.3. The molecule has 0 spiro atoms. The van der Waals surface area contributed by atoms with Gasteiger partial charge in [0.15, 0.2) is 0 Å². The van der Waals surface area contributed by atoms with Crippen molar-refractivity contribution in [2.75, 3.05) is 7.05 Å². The van der Waals surface area contributed by atoms with Gasteiger partial charge in [0.05, 0.1) is 0 Å². The van der Waals surface area contributed by atoms with Crippen LogP contribution in [0.4, 0.5) is 0 Å². The molecule has 0 fully saturated rings. The number of rotatable bonds is 6. The van der Waals surface area contributed by atoms with Crippen molar-refractivity contribution in [1.82, 2.24) is 4.90 Å². The molecule has 0 radical (unpaired) electrons. The van der Waals surface area contributed by atoms with Crippen LogP contribution in [-0.4, -0.2) is 29.1 Å². The fourth-order valence-corrected chi connectivity index (χ4v) is 2.41. The lowest BCUT2D eigenvalue weighted by atomic mass is 10.2. The Kier molecular flexibility index (Phi) is 5.38. The Morgan fingerprint density at radius 1 is 1.59 bits per heavy atom. The summed E-state index contributed by atoms with van der Waals surface area (Å²) in [5, 5.41) is 8.54. The van der Waals surface area contributed by atoms with Gasteiger partial charge in [-0.25, -0.2) is 4.79 Å². The lowest BCUT2D eigenvalue weighted by molar-refractivity contribution is -0.131. The Morgan fingerprint density at radius 2 is 2.29 bits per heavy atom. The summed E-state index contributed by atoms with van der Waals surface area (Å²) in [6.07, 6.45) is 3.95. The molecule has 0 aromatic carbocycles. The minimum Gasteiger partial charge on any atom is -0.478 e. The standard InChI is InChI=1S/C13H19NO2S/c1-4-10(2)14(3)9-12-6-5-11(17-12)7-8-13(15)16/h5-8,10H,4,9H2,1-3H3,(H,15,16). The topological polar surface area (TPSA) is 40.5 Å². The minimum atomic E-state index is -0.906. The molecule has 94 valence electrons. The Bertz CT molecular complexity index is 398. The van der Waals surface area contributed by atoms with E-state index >= 15 is 0 Å². The van der Waals surface area contributed by atoms with Gasteiger partial charge in [-0.1, -0.05) is 6.92 Å². The molecule has 1 unspecified atom stereocenters. The molecule has 1 atom stereocenters. The Morgan fingerprint density at radius 3 is 2.88 bits per heavy atom. The van der Waals surface area contributed by atoms with Crippen LogP contribution in [-0.2, 0) is 11.3 Å². The van der Waals surface area contributed by atoms with Gasteiger partial charge in [0, 0.05) is 28.4 Å². The SMILES string of the molecule is CCC(C)N(C)Cc1ccc(C=CC(=O)O)s1. The maximum atomic E-state index is 10.4. The van der Waals surface area contributed by atoms with Crippen LogP contribution in [0.2, 0.25) is 0 Å². The van der Waals surface area contributed by atoms with Crippen molar-refractivity contribution >= 4 is 23.4 Å². The summed E-state index contributed by atoms with van der Waals surface area (Å²) in [4.78, 5) is 14.9. The van der Waals surface area contributed by atoms with E-state index in [0.717, 1.165) is 17.8 Å². The number of hydrogen-bond donors (Lipinski definition) is 1. The van der Waals surface area contributed by atoms with Crippen LogP contribution in [0.3, 0.4) is 0 Å². The Labute approximate surface area is 106 Å². The van der Waals surface area contributed by atoms with Gasteiger partial charge in [0.25, 0.3) is 0 Å². The molecule has 1 heterocycles. The van der Waals surface area contributed by atoms with Gasteiger partial charge >= 0.3 is 5.97 Å². The van der Waals surface area contributed by atoms with Gasteiger partial charge in [0.1, 0.15) is 0 Å². The molecular weight excluding hydrogens is 234 g/mol. The summed E-state index contributed by atoms with van der Waals surface area (Å²) < 4.78 is 0. The van der Waals surface area contributed by atoms with Gasteiger partial charge in [-0.2, -0.15) is 0 Å². The second-order valence-electron chi connectivity index (χ2n) is 4.15. The van der Waals surface area contributed by atoms with Crippen molar-refractivity contribution in [3.8, 4) is 0 Å². The van der Waals surface area contributed by atoms with Crippen molar-refractivity contribution < 1.29 is 9.90 Å². The van der Waals surface area contributed by atoms with E-state index in [1.165, 1.54) is 11.0 Å². The molecule has 0 aliphatic rings. The summed E-state index contributed by atoms with van der Waals surface area (Å²) in [5.74, 6) is -0.906. The maximum Gasteiger partial charge on any atom is 0.328 e. The molecule has 0 bridgehead atoms. The summed E-state index contributed by atoms with van der Waals surface area (Å²) >= 11 is 1.64. The Hall–Kier alpha value is -1.13. The van der Waals surface area contributed by atoms with Gasteiger partial charge in [-0.3, -0.25) is 4.90 Å². The zero-order chi connectivity index (χ0) is 12.8. The highest BCUT2D eigenvalue weighted by Gasteiger charge is 2.08. The van der Waals surface area contributed by atoms with Crippen LogP contribution < -0.4 is 0 Å². The third-order valence-corrected chi connectivity index (χ3v) is 3.86. The molecule has 1 aromatic heterocycles. The van der Waals surface area contributed by atoms with E-state index in [-0.39, 0.29) is 0 Å². The summed E-state index contributed by atoms with van der Waals surface area (Å²) in [6.45, 7) is 5.30. The molecule has 1 aromatic rings. The van der Waals surface area contributed by atoms with Crippen molar-refractivity contribution in [2.24, 2.45) is 0 Å². The van der Waals surface area contributed by atoms with E-state index in [2.05, 4.69) is 31.9 Å². The molecule has 0 saturated carbocycles. The molecular formula is C13H19NO2S. The molecule has 0 saturated heterocycles. The van der Waals surface area contributed by atoms with E-state index in [9.17, 15) is 4.79 Å². The predicted molar refractivity (Wildman–Crippen MR) is 72.2 cm³/mol. The number of carbonyl (C=O) groups is 1. The van der Waals surface area contributed by atoms with Crippen molar-refractivity contribution in [1.29, 1.82) is 0 Å². The fourth-order valence-electron chi connectivity index (χ4n) is 1.44. The quantitative estimate of drug-likeness (QED) is 0.792. The average molecular weight is 253 g/mol. The van der Waals surface area contributed by atoms with E-state index < -0.39 is 5.97 Å². The van der Waals surface area contributed by atoms with Crippen LogP contribution in [0.25, 0.3) is 6.08 Å². The highest BCUT2D eigenvalue weighted by molar-refractivity contribution is 7.12. The maximum absolute atomic E-state index is 10.4. The summed E-state index contributed by atoms with van der Waals surface area (Å²) in [5.41, 5.74) is 0. The smallest absolute Gasteiger partial charge is 0.328 e. The van der Waals surface area contributed by atoms with Crippen LogP contribution >= 0.6 is 11.3 Å². The van der Waals surface area contributed by atoms with Crippen LogP contribution in [0.5, 0.6) is 0 Å². The first kappa shape index (κ1) is 13.9. The molecule has 0 amide bonds. The fraction of sp³-hybridized carbons (Fsp3) is 0.462. The van der Waals surface area contributed by atoms with E-state index in [1.807, 2.05) is 6.07 Å². The largest absolute Gasteiger partial charge is 0.478 e. The first-order chi connectivity index (χ1) is 8.02. The molecule has 4 heteroatoms. The predicted octanol–water partition coefficient (Wildman–Crippen LogP) is 3.08. The molecule has 1 rings (SSSR count). The normalized spacial score (nSPS) is 13.4. The molecule has 17 heavy (non-hydrogen) atoms. The molecule has 0 aliphatic carbocycles. The highest BCUT2D eigenvalue weighted by atomic mass is 32.1. The first-order valence-electron chi connectivity index (χ1n) is 5.73. The second-order valence-corrected chi connectivity index (χ2v) is 5.35. The van der Waals surface area contributed by atoms with Crippen molar-refractivity contribution in [3.63, 3.8) is 0 Å². The first-order valence-corrected chi connectivity index (χ1v) is 6.54. The van der Waals surface area contributed by atoms with Crippen molar-refractivity contribution in [3.05, 3.63) is 28.0 Å².